The Kier molecular flexibility index (Phi) is 5.79. The highest BCUT2D eigenvalue weighted by Crippen LogP contribution is 2.22. The first kappa shape index (κ1) is 16.0. The zero-order valence-electron chi connectivity index (χ0n) is 12.2. The van der Waals surface area contributed by atoms with Crippen LogP contribution in [0.2, 0.25) is 4.34 Å². The van der Waals surface area contributed by atoms with E-state index in [4.69, 9.17) is 11.6 Å². The van der Waals surface area contributed by atoms with Gasteiger partial charge in [0.2, 0.25) is 5.91 Å². The van der Waals surface area contributed by atoms with Gasteiger partial charge in [-0.25, -0.2) is 0 Å². The third-order valence-electron chi connectivity index (χ3n) is 3.24. The number of benzene rings is 1. The number of thiophene rings is 1. The first-order chi connectivity index (χ1) is 10.1. The highest BCUT2D eigenvalue weighted by Gasteiger charge is 2.11. The van der Waals surface area contributed by atoms with E-state index >= 15 is 0 Å². The van der Waals surface area contributed by atoms with Crippen LogP contribution in [-0.4, -0.2) is 23.9 Å². The van der Waals surface area contributed by atoms with Gasteiger partial charge in [-0.1, -0.05) is 36.7 Å². The van der Waals surface area contributed by atoms with Crippen LogP contribution in [0.4, 0.5) is 5.69 Å². The van der Waals surface area contributed by atoms with Crippen LogP contribution in [0.3, 0.4) is 0 Å². The van der Waals surface area contributed by atoms with Crippen molar-refractivity contribution in [1.82, 2.24) is 4.90 Å². The molecule has 0 atom stereocenters. The van der Waals surface area contributed by atoms with Crippen molar-refractivity contribution in [2.24, 2.45) is 0 Å². The predicted molar refractivity (Wildman–Crippen MR) is 90.1 cm³/mol. The second-order valence-corrected chi connectivity index (χ2v) is 6.67. The minimum atomic E-state index is 0.00815. The summed E-state index contributed by atoms with van der Waals surface area (Å²) < 4.78 is 0.783. The number of amides is 1. The fourth-order valence-corrected chi connectivity index (χ4v) is 3.17. The zero-order valence-corrected chi connectivity index (χ0v) is 13.8. The van der Waals surface area contributed by atoms with E-state index in [1.807, 2.05) is 43.3 Å². The Labute approximate surface area is 134 Å². The van der Waals surface area contributed by atoms with Crippen LogP contribution in [0.1, 0.15) is 17.4 Å². The van der Waals surface area contributed by atoms with Crippen molar-refractivity contribution in [3.63, 3.8) is 0 Å². The maximum Gasteiger partial charge on any atom is 0.238 e. The molecule has 1 N–H and O–H groups in total. The Bertz CT molecular complexity index is 612. The lowest BCUT2D eigenvalue weighted by molar-refractivity contribution is -0.117. The van der Waals surface area contributed by atoms with E-state index in [2.05, 4.69) is 17.1 Å². The van der Waals surface area contributed by atoms with E-state index in [0.717, 1.165) is 28.7 Å². The summed E-state index contributed by atoms with van der Waals surface area (Å²) >= 11 is 7.50. The lowest BCUT2D eigenvalue weighted by Gasteiger charge is -2.19. The SMILES string of the molecule is CCN(CC(=O)Nc1ccccc1C)Cc1ccc(Cl)s1. The number of rotatable bonds is 6. The molecule has 1 aromatic heterocycles. The van der Waals surface area contributed by atoms with Gasteiger partial charge in [-0.15, -0.1) is 11.3 Å². The number of nitrogens with zero attached hydrogens (tertiary/aromatic N) is 1. The molecule has 0 saturated carbocycles. The Morgan fingerprint density at radius 1 is 1.29 bits per heavy atom. The van der Waals surface area contributed by atoms with Gasteiger partial charge in [0.15, 0.2) is 0 Å². The largest absolute Gasteiger partial charge is 0.325 e. The number of para-hydroxylation sites is 1. The zero-order chi connectivity index (χ0) is 15.2. The highest BCUT2D eigenvalue weighted by atomic mass is 35.5. The molecule has 0 radical (unpaired) electrons. The molecule has 3 nitrogen and oxygen atoms in total. The monoisotopic (exact) mass is 322 g/mol. The summed E-state index contributed by atoms with van der Waals surface area (Å²) in [5.41, 5.74) is 1.94. The number of hydrogen-bond acceptors (Lipinski definition) is 3. The van der Waals surface area contributed by atoms with Gasteiger partial charge < -0.3 is 5.32 Å². The van der Waals surface area contributed by atoms with Crippen LogP contribution in [0, 0.1) is 6.92 Å². The van der Waals surface area contributed by atoms with Crippen LogP contribution in [0.25, 0.3) is 0 Å². The molecule has 0 saturated heterocycles. The van der Waals surface area contributed by atoms with Crippen LogP contribution >= 0.6 is 22.9 Å². The third kappa shape index (κ3) is 4.84. The molecular formula is C16H19ClN2OS. The number of hydrogen-bond donors (Lipinski definition) is 1. The van der Waals surface area contributed by atoms with Crippen LogP contribution in [0.5, 0.6) is 0 Å². The molecule has 1 aromatic carbocycles. The summed E-state index contributed by atoms with van der Waals surface area (Å²) in [4.78, 5) is 15.4. The van der Waals surface area contributed by atoms with Crippen molar-refractivity contribution in [1.29, 1.82) is 0 Å². The van der Waals surface area contributed by atoms with Crippen molar-refractivity contribution in [2.45, 2.75) is 20.4 Å². The lowest BCUT2D eigenvalue weighted by Crippen LogP contribution is -2.32. The molecule has 112 valence electrons. The second-order valence-electron chi connectivity index (χ2n) is 4.87. The van der Waals surface area contributed by atoms with Gasteiger partial charge in [-0.3, -0.25) is 9.69 Å². The molecule has 1 heterocycles. The van der Waals surface area contributed by atoms with E-state index in [1.54, 1.807) is 11.3 Å². The summed E-state index contributed by atoms with van der Waals surface area (Å²) in [6.45, 7) is 5.98. The standard InChI is InChI=1S/C16H19ClN2OS/c1-3-19(10-13-8-9-15(17)21-13)11-16(20)18-14-7-5-4-6-12(14)2/h4-9H,3,10-11H2,1-2H3,(H,18,20). The Hall–Kier alpha value is -1.36. The number of aryl methyl sites for hydroxylation is 1. The molecule has 5 heteroatoms. The van der Waals surface area contributed by atoms with E-state index in [9.17, 15) is 4.79 Å². The van der Waals surface area contributed by atoms with Crippen LogP contribution < -0.4 is 5.32 Å². The second kappa shape index (κ2) is 7.59. The molecule has 0 bridgehead atoms. The molecule has 0 fully saturated rings. The average Bonchev–Trinajstić information content (AvgIpc) is 2.86. The van der Waals surface area contributed by atoms with E-state index in [-0.39, 0.29) is 5.91 Å². The molecule has 2 rings (SSSR count). The smallest absolute Gasteiger partial charge is 0.238 e. The summed E-state index contributed by atoms with van der Waals surface area (Å²) in [7, 11) is 0. The maximum absolute atomic E-state index is 12.2. The maximum atomic E-state index is 12.2. The van der Waals surface area contributed by atoms with Gasteiger partial charge in [0.05, 0.1) is 10.9 Å². The van der Waals surface area contributed by atoms with Gasteiger partial charge in [0, 0.05) is 17.1 Å². The predicted octanol–water partition coefficient (Wildman–Crippen LogP) is 4.17. The minimum absolute atomic E-state index is 0.00815. The molecular weight excluding hydrogens is 304 g/mol. The molecule has 0 aliphatic heterocycles. The molecule has 2 aromatic rings. The third-order valence-corrected chi connectivity index (χ3v) is 4.46. The van der Waals surface area contributed by atoms with E-state index in [0.29, 0.717) is 6.54 Å². The van der Waals surface area contributed by atoms with Crippen molar-refractivity contribution >= 4 is 34.5 Å². The summed E-state index contributed by atoms with van der Waals surface area (Å²) in [6, 6.07) is 11.7. The van der Waals surface area contributed by atoms with Crippen LogP contribution in [-0.2, 0) is 11.3 Å². The topological polar surface area (TPSA) is 32.3 Å². The minimum Gasteiger partial charge on any atom is -0.325 e. The Morgan fingerprint density at radius 3 is 2.67 bits per heavy atom. The van der Waals surface area contributed by atoms with E-state index < -0.39 is 0 Å². The fourth-order valence-electron chi connectivity index (χ4n) is 2.04. The normalized spacial score (nSPS) is 10.9. The first-order valence-corrected chi connectivity index (χ1v) is 8.10. The summed E-state index contributed by atoms with van der Waals surface area (Å²) in [5.74, 6) is 0.00815. The van der Waals surface area contributed by atoms with Gasteiger partial charge >= 0.3 is 0 Å². The van der Waals surface area contributed by atoms with Gasteiger partial charge in [-0.2, -0.15) is 0 Å². The number of halogens is 1. The molecule has 1 amide bonds. The molecule has 21 heavy (non-hydrogen) atoms. The van der Waals surface area contributed by atoms with Crippen LogP contribution in [0.15, 0.2) is 36.4 Å². The molecule has 0 aliphatic rings. The lowest BCUT2D eigenvalue weighted by atomic mass is 10.2. The number of carbonyl (C=O) groups is 1. The number of likely N-dealkylation sites (N-methyl/N-ethyl adjacent to an activating group) is 1. The fraction of sp³-hybridized carbons (Fsp3) is 0.312. The summed E-state index contributed by atoms with van der Waals surface area (Å²) in [5, 5.41) is 2.96. The average molecular weight is 323 g/mol. The molecule has 0 aliphatic carbocycles. The Morgan fingerprint density at radius 2 is 2.05 bits per heavy atom. The molecule has 0 spiro atoms. The first-order valence-electron chi connectivity index (χ1n) is 6.90. The van der Waals surface area contributed by atoms with Gasteiger partial charge in [-0.05, 0) is 37.2 Å². The van der Waals surface area contributed by atoms with Crippen molar-refractivity contribution in [3.05, 3.63) is 51.2 Å². The van der Waals surface area contributed by atoms with Crippen molar-refractivity contribution in [3.8, 4) is 0 Å². The van der Waals surface area contributed by atoms with Gasteiger partial charge in [0.1, 0.15) is 0 Å². The van der Waals surface area contributed by atoms with Crippen molar-refractivity contribution < 1.29 is 4.79 Å². The summed E-state index contributed by atoms with van der Waals surface area (Å²) in [6.07, 6.45) is 0. The number of carbonyl (C=O) groups excluding carboxylic acids is 1. The quantitative estimate of drug-likeness (QED) is 0.865. The highest BCUT2D eigenvalue weighted by molar-refractivity contribution is 7.16. The van der Waals surface area contributed by atoms with Gasteiger partial charge in [0.25, 0.3) is 0 Å². The van der Waals surface area contributed by atoms with E-state index in [1.165, 1.54) is 4.88 Å². The molecule has 0 unspecified atom stereocenters. The number of anilines is 1. The Balaban J connectivity index is 1.92. The number of nitrogens with one attached hydrogen (secondary N) is 1. The van der Waals surface area contributed by atoms with Crippen molar-refractivity contribution in [2.75, 3.05) is 18.4 Å².